The summed E-state index contributed by atoms with van der Waals surface area (Å²) in [5.74, 6) is 1.63. The number of aromatic nitrogens is 3. The van der Waals surface area contributed by atoms with Gasteiger partial charge in [0.2, 0.25) is 0 Å². The number of nitrogens with zero attached hydrogens (tertiary/aromatic N) is 4. The zero-order valence-electron chi connectivity index (χ0n) is 20.2. The van der Waals surface area contributed by atoms with Crippen molar-refractivity contribution in [2.45, 2.75) is 38.9 Å². The SMILES string of the molecule is [C-]#[N+]c1cc(B2OC(C)(C)C(C)(C)O2)cc(-c2nc(-c3ccccc3)nc(-c3ccccc3)n2)c1. The van der Waals surface area contributed by atoms with Crippen LogP contribution in [0.5, 0.6) is 0 Å². The average molecular weight is 460 g/mol. The molecular weight excluding hydrogens is 435 g/mol. The first-order chi connectivity index (χ1) is 16.8. The van der Waals surface area contributed by atoms with Crippen molar-refractivity contribution in [3.8, 4) is 34.2 Å². The third kappa shape index (κ3) is 4.46. The Balaban J connectivity index is 1.65. The predicted octanol–water partition coefficient (Wildman–Crippen LogP) is 5.72. The van der Waals surface area contributed by atoms with E-state index in [4.69, 9.17) is 30.8 Å². The first-order valence-corrected chi connectivity index (χ1v) is 11.5. The van der Waals surface area contributed by atoms with Crippen LogP contribution in [0.1, 0.15) is 27.7 Å². The highest BCUT2D eigenvalue weighted by molar-refractivity contribution is 6.62. The number of hydrogen-bond acceptors (Lipinski definition) is 5. The number of rotatable bonds is 4. The Hall–Kier alpha value is -3.86. The first kappa shape index (κ1) is 22.9. The van der Waals surface area contributed by atoms with Crippen LogP contribution in [0.4, 0.5) is 5.69 Å². The third-order valence-corrected chi connectivity index (χ3v) is 6.55. The van der Waals surface area contributed by atoms with Crippen LogP contribution >= 0.6 is 0 Å². The van der Waals surface area contributed by atoms with Crippen molar-refractivity contribution in [2.75, 3.05) is 0 Å². The molecule has 0 bridgehead atoms. The molecule has 1 aromatic heterocycles. The fraction of sp³-hybridized carbons (Fsp3) is 0.214. The highest BCUT2D eigenvalue weighted by Crippen LogP contribution is 2.37. The Kier molecular flexibility index (Phi) is 5.72. The standard InChI is InChI=1S/C28H25BN4O2/c1-27(2)28(3,4)35-29(34-27)22-16-21(17-23(18-22)30-5)26-32-24(19-12-8-6-9-13-19)31-25(33-26)20-14-10-7-11-15-20/h6-18H,1-4H3. The molecular formula is C28H25BN4O2. The molecule has 0 saturated carbocycles. The lowest BCUT2D eigenvalue weighted by molar-refractivity contribution is 0.00578. The summed E-state index contributed by atoms with van der Waals surface area (Å²) in [5.41, 5.74) is 2.74. The largest absolute Gasteiger partial charge is 0.493 e. The topological polar surface area (TPSA) is 61.5 Å². The summed E-state index contributed by atoms with van der Waals surface area (Å²) in [6, 6.07) is 25.2. The molecule has 0 radical (unpaired) electrons. The third-order valence-electron chi connectivity index (χ3n) is 6.55. The Morgan fingerprint density at radius 3 is 1.57 bits per heavy atom. The van der Waals surface area contributed by atoms with E-state index in [1.165, 1.54) is 0 Å². The minimum absolute atomic E-state index is 0.468. The van der Waals surface area contributed by atoms with Crippen molar-refractivity contribution in [3.05, 3.63) is 90.3 Å². The monoisotopic (exact) mass is 460 g/mol. The first-order valence-electron chi connectivity index (χ1n) is 11.5. The van der Waals surface area contributed by atoms with Crippen molar-refractivity contribution in [3.63, 3.8) is 0 Å². The molecule has 1 aliphatic rings. The Bertz CT molecular complexity index is 1340. The molecule has 0 aliphatic carbocycles. The fourth-order valence-corrected chi connectivity index (χ4v) is 3.88. The normalized spacial score (nSPS) is 16.1. The van der Waals surface area contributed by atoms with Crippen LogP contribution in [0.2, 0.25) is 0 Å². The molecule has 2 heterocycles. The maximum atomic E-state index is 7.67. The van der Waals surface area contributed by atoms with E-state index in [1.54, 1.807) is 12.1 Å². The highest BCUT2D eigenvalue weighted by atomic mass is 16.7. The van der Waals surface area contributed by atoms with Crippen LogP contribution in [0, 0.1) is 6.57 Å². The number of hydrogen-bond donors (Lipinski definition) is 0. The molecule has 0 atom stereocenters. The van der Waals surface area contributed by atoms with Crippen molar-refractivity contribution < 1.29 is 9.31 Å². The molecule has 4 aromatic rings. The zero-order valence-corrected chi connectivity index (χ0v) is 20.2. The van der Waals surface area contributed by atoms with Crippen LogP contribution < -0.4 is 5.46 Å². The maximum Gasteiger partial charge on any atom is 0.493 e. The summed E-state index contributed by atoms with van der Waals surface area (Å²) in [4.78, 5) is 18.0. The molecule has 0 spiro atoms. The quantitative estimate of drug-likeness (QED) is 0.288. The molecule has 172 valence electrons. The molecule has 0 N–H and O–H groups in total. The predicted molar refractivity (Wildman–Crippen MR) is 138 cm³/mol. The second-order valence-electron chi connectivity index (χ2n) is 9.55. The van der Waals surface area contributed by atoms with E-state index in [0.29, 0.717) is 28.7 Å². The molecule has 7 heteroatoms. The molecule has 1 saturated heterocycles. The van der Waals surface area contributed by atoms with E-state index in [1.807, 2.05) is 94.4 Å². The van der Waals surface area contributed by atoms with Gasteiger partial charge in [-0.2, -0.15) is 0 Å². The van der Waals surface area contributed by atoms with E-state index >= 15 is 0 Å². The van der Waals surface area contributed by atoms with Crippen molar-refractivity contribution >= 4 is 18.3 Å². The van der Waals surface area contributed by atoms with Crippen LogP contribution in [0.15, 0.2) is 78.9 Å². The zero-order chi connectivity index (χ0) is 24.6. The van der Waals surface area contributed by atoms with Crippen molar-refractivity contribution in [2.24, 2.45) is 0 Å². The van der Waals surface area contributed by atoms with Gasteiger partial charge in [-0.05, 0) is 39.2 Å². The Morgan fingerprint density at radius 2 is 1.11 bits per heavy atom. The van der Waals surface area contributed by atoms with E-state index < -0.39 is 18.3 Å². The number of benzene rings is 3. The van der Waals surface area contributed by atoms with E-state index in [-0.39, 0.29) is 0 Å². The van der Waals surface area contributed by atoms with Gasteiger partial charge in [0.15, 0.2) is 23.2 Å². The van der Waals surface area contributed by atoms with E-state index in [2.05, 4.69) is 4.85 Å². The van der Waals surface area contributed by atoms with Gasteiger partial charge in [0.25, 0.3) is 0 Å². The lowest BCUT2D eigenvalue weighted by atomic mass is 9.78. The molecule has 0 unspecified atom stereocenters. The highest BCUT2D eigenvalue weighted by Gasteiger charge is 2.51. The summed E-state index contributed by atoms with van der Waals surface area (Å²) < 4.78 is 12.5. The van der Waals surface area contributed by atoms with Crippen LogP contribution in [-0.2, 0) is 9.31 Å². The van der Waals surface area contributed by atoms with Crippen LogP contribution in [0.3, 0.4) is 0 Å². The summed E-state index contributed by atoms with van der Waals surface area (Å²) in [7, 11) is -0.593. The van der Waals surface area contributed by atoms with Gasteiger partial charge in [0, 0.05) is 16.7 Å². The van der Waals surface area contributed by atoms with Crippen LogP contribution in [-0.4, -0.2) is 33.3 Å². The van der Waals surface area contributed by atoms with Gasteiger partial charge in [-0.1, -0.05) is 72.8 Å². The Morgan fingerprint density at radius 1 is 0.657 bits per heavy atom. The Labute approximate surface area is 206 Å². The van der Waals surface area contributed by atoms with Gasteiger partial charge in [-0.25, -0.2) is 19.8 Å². The van der Waals surface area contributed by atoms with Gasteiger partial charge in [-0.3, -0.25) is 0 Å². The van der Waals surface area contributed by atoms with Gasteiger partial charge >= 0.3 is 7.12 Å². The lowest BCUT2D eigenvalue weighted by Gasteiger charge is -2.32. The molecule has 0 amide bonds. The summed E-state index contributed by atoms with van der Waals surface area (Å²) in [6.45, 7) is 15.7. The molecule has 35 heavy (non-hydrogen) atoms. The molecule has 1 aliphatic heterocycles. The smallest absolute Gasteiger partial charge is 0.399 e. The van der Waals surface area contributed by atoms with Crippen molar-refractivity contribution in [1.29, 1.82) is 0 Å². The fourth-order valence-electron chi connectivity index (χ4n) is 3.88. The second-order valence-corrected chi connectivity index (χ2v) is 9.55. The van der Waals surface area contributed by atoms with Crippen LogP contribution in [0.25, 0.3) is 39.0 Å². The minimum atomic E-state index is -0.593. The maximum absolute atomic E-state index is 7.67. The second kappa shape index (κ2) is 8.73. The van der Waals surface area contributed by atoms with Crippen molar-refractivity contribution in [1.82, 2.24) is 15.0 Å². The van der Waals surface area contributed by atoms with Gasteiger partial charge < -0.3 is 9.31 Å². The minimum Gasteiger partial charge on any atom is -0.399 e. The summed E-state index contributed by atoms with van der Waals surface area (Å²) in [6.07, 6.45) is 0. The van der Waals surface area contributed by atoms with Gasteiger partial charge in [0.1, 0.15) is 0 Å². The lowest BCUT2D eigenvalue weighted by Crippen LogP contribution is -2.41. The van der Waals surface area contributed by atoms with E-state index in [0.717, 1.165) is 16.6 Å². The summed E-state index contributed by atoms with van der Waals surface area (Å²) >= 11 is 0. The average Bonchev–Trinajstić information content (AvgIpc) is 3.11. The molecule has 3 aromatic carbocycles. The molecule has 5 rings (SSSR count). The van der Waals surface area contributed by atoms with Gasteiger partial charge in [0.05, 0.1) is 17.8 Å². The van der Waals surface area contributed by atoms with Gasteiger partial charge in [-0.15, -0.1) is 0 Å². The summed E-state index contributed by atoms with van der Waals surface area (Å²) in [5, 5.41) is 0. The van der Waals surface area contributed by atoms with E-state index in [9.17, 15) is 0 Å². The molecule has 6 nitrogen and oxygen atoms in total. The molecule has 1 fully saturated rings.